The minimum absolute atomic E-state index is 0. The van der Waals surface area contributed by atoms with E-state index in [2.05, 4.69) is 5.32 Å². The molecule has 1 aliphatic carbocycles. The van der Waals surface area contributed by atoms with Crippen molar-refractivity contribution >= 4 is 18.3 Å². The second kappa shape index (κ2) is 7.00. The Labute approximate surface area is 131 Å². The maximum absolute atomic E-state index is 12.0. The van der Waals surface area contributed by atoms with Crippen LogP contribution in [0.4, 0.5) is 0 Å². The number of rotatable bonds is 6. The third-order valence-corrected chi connectivity index (χ3v) is 3.69. The van der Waals surface area contributed by atoms with E-state index in [1.165, 1.54) is 12.8 Å². The van der Waals surface area contributed by atoms with E-state index >= 15 is 0 Å². The highest BCUT2D eigenvalue weighted by Gasteiger charge is 2.21. The number of fused-ring (bicyclic) bond motifs is 1. The Bertz CT molecular complexity index is 506. The van der Waals surface area contributed by atoms with Gasteiger partial charge >= 0.3 is 0 Å². The van der Waals surface area contributed by atoms with Crippen LogP contribution in [-0.2, 0) is 11.3 Å². The van der Waals surface area contributed by atoms with Crippen molar-refractivity contribution in [1.29, 1.82) is 0 Å². The average Bonchev–Trinajstić information content (AvgIpc) is 3.14. The van der Waals surface area contributed by atoms with E-state index in [1.807, 2.05) is 25.2 Å². The van der Waals surface area contributed by atoms with Gasteiger partial charge in [-0.3, -0.25) is 4.79 Å². The number of hydrogen-bond donors (Lipinski definition) is 1. The number of ether oxygens (including phenoxy) is 2. The fraction of sp³-hybridized carbons (Fsp3) is 0.533. The number of likely N-dealkylation sites (N-methyl/N-ethyl adjacent to an activating group) is 1. The lowest BCUT2D eigenvalue weighted by atomic mass is 10.2. The van der Waals surface area contributed by atoms with Crippen molar-refractivity contribution in [1.82, 2.24) is 10.2 Å². The number of carbonyl (C=O) groups excluding carboxylic acids is 1. The molecule has 1 fully saturated rings. The molecule has 0 spiro atoms. The molecule has 0 bridgehead atoms. The number of nitrogens with zero attached hydrogens (tertiary/aromatic N) is 1. The van der Waals surface area contributed by atoms with Crippen LogP contribution < -0.4 is 14.8 Å². The van der Waals surface area contributed by atoms with Gasteiger partial charge in [0.1, 0.15) is 0 Å². The normalized spacial score (nSPS) is 15.5. The summed E-state index contributed by atoms with van der Waals surface area (Å²) in [6, 6.07) is 5.79. The van der Waals surface area contributed by atoms with Crippen LogP contribution in [0.2, 0.25) is 0 Å². The summed E-state index contributed by atoms with van der Waals surface area (Å²) in [7, 11) is 1.83. The molecular formula is C15H21ClN2O3. The van der Waals surface area contributed by atoms with E-state index in [1.54, 1.807) is 4.90 Å². The molecule has 116 valence electrons. The summed E-state index contributed by atoms with van der Waals surface area (Å²) in [6.07, 6.45) is 2.60. The van der Waals surface area contributed by atoms with Gasteiger partial charge in [-0.2, -0.15) is 0 Å². The fourth-order valence-corrected chi connectivity index (χ4v) is 2.24. The number of carbonyl (C=O) groups is 1. The molecule has 3 rings (SSSR count). The first-order valence-electron chi connectivity index (χ1n) is 7.05. The van der Waals surface area contributed by atoms with Crippen molar-refractivity contribution in [3.05, 3.63) is 23.8 Å². The molecule has 6 heteroatoms. The van der Waals surface area contributed by atoms with E-state index < -0.39 is 0 Å². The molecule has 0 unspecified atom stereocenters. The van der Waals surface area contributed by atoms with Gasteiger partial charge in [0, 0.05) is 13.6 Å². The highest BCUT2D eigenvalue weighted by molar-refractivity contribution is 5.85. The molecule has 0 aromatic heterocycles. The summed E-state index contributed by atoms with van der Waals surface area (Å²) < 4.78 is 10.6. The van der Waals surface area contributed by atoms with E-state index in [0.717, 1.165) is 29.5 Å². The number of amides is 1. The van der Waals surface area contributed by atoms with Gasteiger partial charge in [0.05, 0.1) is 6.54 Å². The summed E-state index contributed by atoms with van der Waals surface area (Å²) in [6.45, 7) is 2.24. The van der Waals surface area contributed by atoms with Crippen LogP contribution in [0.25, 0.3) is 0 Å². The summed E-state index contributed by atoms with van der Waals surface area (Å²) in [4.78, 5) is 13.7. The molecule has 5 nitrogen and oxygen atoms in total. The molecule has 21 heavy (non-hydrogen) atoms. The van der Waals surface area contributed by atoms with Crippen LogP contribution in [0.3, 0.4) is 0 Å². The van der Waals surface area contributed by atoms with Crippen LogP contribution in [0.1, 0.15) is 18.4 Å². The minimum atomic E-state index is 0. The predicted octanol–water partition coefficient (Wildman–Crippen LogP) is 1.80. The topological polar surface area (TPSA) is 50.8 Å². The zero-order chi connectivity index (χ0) is 13.9. The number of halogens is 1. The maximum Gasteiger partial charge on any atom is 0.236 e. The van der Waals surface area contributed by atoms with Crippen LogP contribution in [-0.4, -0.2) is 37.7 Å². The number of benzene rings is 1. The summed E-state index contributed by atoms with van der Waals surface area (Å²) >= 11 is 0. The van der Waals surface area contributed by atoms with Gasteiger partial charge in [0.25, 0.3) is 0 Å². The highest BCUT2D eigenvalue weighted by Crippen LogP contribution is 2.32. The molecule has 1 aromatic carbocycles. The first kappa shape index (κ1) is 15.9. The Morgan fingerprint density at radius 2 is 2.10 bits per heavy atom. The molecule has 0 radical (unpaired) electrons. The predicted molar refractivity (Wildman–Crippen MR) is 81.9 cm³/mol. The SMILES string of the molecule is CN(Cc1ccc2c(c1)OCO2)C(=O)CNCC1CC1.Cl. The van der Waals surface area contributed by atoms with E-state index in [9.17, 15) is 4.79 Å². The smallest absolute Gasteiger partial charge is 0.236 e. The lowest BCUT2D eigenvalue weighted by Crippen LogP contribution is -2.35. The minimum Gasteiger partial charge on any atom is -0.454 e. The Balaban J connectivity index is 0.00000161. The van der Waals surface area contributed by atoms with E-state index in [0.29, 0.717) is 13.1 Å². The van der Waals surface area contributed by atoms with Gasteiger partial charge in [-0.25, -0.2) is 0 Å². The standard InChI is InChI=1S/C15H20N2O3.ClH/c1-17(15(18)8-16-7-11-2-3-11)9-12-4-5-13-14(6-12)20-10-19-13;/h4-6,11,16H,2-3,7-10H2,1H3;1H. The van der Waals surface area contributed by atoms with E-state index in [-0.39, 0.29) is 25.1 Å². The quantitative estimate of drug-likeness (QED) is 0.870. The molecule has 0 saturated heterocycles. The van der Waals surface area contributed by atoms with Crippen molar-refractivity contribution in [2.24, 2.45) is 5.92 Å². The van der Waals surface area contributed by atoms with Crippen LogP contribution in [0.15, 0.2) is 18.2 Å². The van der Waals surface area contributed by atoms with Gasteiger partial charge in [0.15, 0.2) is 11.5 Å². The van der Waals surface area contributed by atoms with Gasteiger partial charge in [-0.05, 0) is 43.0 Å². The second-order valence-corrected chi connectivity index (χ2v) is 5.51. The third kappa shape index (κ3) is 4.25. The van der Waals surface area contributed by atoms with Crippen molar-refractivity contribution < 1.29 is 14.3 Å². The zero-order valence-electron chi connectivity index (χ0n) is 12.1. The second-order valence-electron chi connectivity index (χ2n) is 5.51. The maximum atomic E-state index is 12.0. The molecule has 1 heterocycles. The monoisotopic (exact) mass is 312 g/mol. The van der Waals surface area contributed by atoms with Crippen molar-refractivity contribution in [3.8, 4) is 11.5 Å². The van der Waals surface area contributed by atoms with Gasteiger partial charge in [-0.1, -0.05) is 6.07 Å². The largest absolute Gasteiger partial charge is 0.454 e. The highest BCUT2D eigenvalue weighted by atomic mass is 35.5. The summed E-state index contributed by atoms with van der Waals surface area (Å²) in [5.41, 5.74) is 1.05. The first-order chi connectivity index (χ1) is 9.72. The third-order valence-electron chi connectivity index (χ3n) is 3.69. The molecule has 1 saturated carbocycles. The summed E-state index contributed by atoms with van der Waals surface area (Å²) in [5, 5.41) is 3.22. The lowest BCUT2D eigenvalue weighted by molar-refractivity contribution is -0.129. The fourth-order valence-electron chi connectivity index (χ4n) is 2.24. The van der Waals surface area contributed by atoms with Crippen molar-refractivity contribution in [2.75, 3.05) is 26.9 Å². The van der Waals surface area contributed by atoms with Gasteiger partial charge in [0.2, 0.25) is 12.7 Å². The molecule has 1 amide bonds. The molecule has 0 atom stereocenters. The molecule has 1 aliphatic heterocycles. The first-order valence-corrected chi connectivity index (χ1v) is 7.05. The molecule has 2 aliphatic rings. The van der Waals surface area contributed by atoms with Crippen LogP contribution in [0.5, 0.6) is 11.5 Å². The Hall–Kier alpha value is -1.46. The van der Waals surface area contributed by atoms with Crippen molar-refractivity contribution in [3.63, 3.8) is 0 Å². The summed E-state index contributed by atoms with van der Waals surface area (Å²) in [5.74, 6) is 2.44. The number of hydrogen-bond acceptors (Lipinski definition) is 4. The zero-order valence-corrected chi connectivity index (χ0v) is 12.9. The van der Waals surface area contributed by atoms with Crippen LogP contribution >= 0.6 is 12.4 Å². The Kier molecular flexibility index (Phi) is 5.31. The average molecular weight is 313 g/mol. The number of nitrogens with one attached hydrogen (secondary N) is 1. The molecular weight excluding hydrogens is 292 g/mol. The Morgan fingerprint density at radius 1 is 1.33 bits per heavy atom. The Morgan fingerprint density at radius 3 is 2.86 bits per heavy atom. The van der Waals surface area contributed by atoms with Crippen molar-refractivity contribution in [2.45, 2.75) is 19.4 Å². The molecule has 1 N–H and O–H groups in total. The molecule has 1 aromatic rings. The van der Waals surface area contributed by atoms with Gasteiger partial charge in [-0.15, -0.1) is 12.4 Å². The van der Waals surface area contributed by atoms with Crippen LogP contribution in [0, 0.1) is 5.92 Å². The lowest BCUT2D eigenvalue weighted by Gasteiger charge is -2.17. The van der Waals surface area contributed by atoms with Gasteiger partial charge < -0.3 is 19.7 Å². The van der Waals surface area contributed by atoms with E-state index in [4.69, 9.17) is 9.47 Å².